The largest absolute Gasteiger partial charge is 0.433 e. The summed E-state index contributed by atoms with van der Waals surface area (Å²) in [5, 5.41) is 8.29. The molecule has 0 radical (unpaired) electrons. The molecule has 0 N–H and O–H groups in total. The van der Waals surface area contributed by atoms with Crippen molar-refractivity contribution in [2.75, 3.05) is 0 Å². The predicted molar refractivity (Wildman–Crippen MR) is 43.5 cm³/mol. The first-order valence-corrected chi connectivity index (χ1v) is 4.07. The summed E-state index contributed by atoms with van der Waals surface area (Å²) in [4.78, 5) is 2.93. The van der Waals surface area contributed by atoms with Crippen LogP contribution in [-0.2, 0) is 12.6 Å². The molecule has 0 aliphatic heterocycles. The number of halogens is 5. The maximum atomic E-state index is 12.4. The summed E-state index contributed by atoms with van der Waals surface area (Å²) < 4.78 is 61.5. The van der Waals surface area contributed by atoms with Crippen molar-refractivity contribution < 1.29 is 22.0 Å². The first-order chi connectivity index (χ1) is 7.36. The fourth-order valence-electron chi connectivity index (χ4n) is 1.12. The Labute approximate surface area is 87.3 Å². The Morgan fingerprint density at radius 1 is 1.38 bits per heavy atom. The topological polar surface area (TPSA) is 36.7 Å². The fraction of sp³-hybridized carbons (Fsp3) is 0.333. The molecule has 0 aliphatic rings. The van der Waals surface area contributed by atoms with Gasteiger partial charge in [0, 0.05) is 11.8 Å². The maximum Gasteiger partial charge on any atom is 0.433 e. The predicted octanol–water partition coefficient (Wildman–Crippen LogP) is 3.10. The lowest BCUT2D eigenvalue weighted by molar-refractivity contribution is -0.143. The Bertz CT molecular complexity index is 419. The molecule has 86 valence electrons. The van der Waals surface area contributed by atoms with Crippen molar-refractivity contribution in [3.05, 3.63) is 29.1 Å². The Morgan fingerprint density at radius 3 is 2.44 bits per heavy atom. The van der Waals surface area contributed by atoms with Crippen molar-refractivity contribution in [1.82, 2.24) is 4.98 Å². The summed E-state index contributed by atoms with van der Waals surface area (Å²) in [6.45, 7) is 0. The Kier molecular flexibility index (Phi) is 3.42. The minimum absolute atomic E-state index is 0.0331. The molecule has 0 unspecified atom stereocenters. The van der Waals surface area contributed by atoms with Crippen molar-refractivity contribution >= 4 is 0 Å². The molecular formula is C9H5F5N2. The van der Waals surface area contributed by atoms with Gasteiger partial charge in [-0.15, -0.1) is 0 Å². The van der Waals surface area contributed by atoms with Gasteiger partial charge in [-0.25, -0.2) is 8.78 Å². The van der Waals surface area contributed by atoms with Gasteiger partial charge in [-0.1, -0.05) is 0 Å². The molecule has 1 rings (SSSR count). The van der Waals surface area contributed by atoms with Gasteiger partial charge in [0.15, 0.2) is 5.69 Å². The zero-order valence-electron chi connectivity index (χ0n) is 7.72. The van der Waals surface area contributed by atoms with E-state index in [0.29, 0.717) is 6.07 Å². The zero-order chi connectivity index (χ0) is 12.3. The second kappa shape index (κ2) is 4.43. The highest BCUT2D eigenvalue weighted by atomic mass is 19.4. The van der Waals surface area contributed by atoms with Crippen LogP contribution in [-0.4, -0.2) is 4.98 Å². The van der Waals surface area contributed by atoms with Gasteiger partial charge in [0.05, 0.1) is 12.5 Å². The van der Waals surface area contributed by atoms with E-state index in [-0.39, 0.29) is 12.0 Å². The van der Waals surface area contributed by atoms with Crippen LogP contribution in [0.3, 0.4) is 0 Å². The monoisotopic (exact) mass is 236 g/mol. The van der Waals surface area contributed by atoms with Crippen LogP contribution >= 0.6 is 0 Å². The highest BCUT2D eigenvalue weighted by Crippen LogP contribution is 2.35. The highest BCUT2D eigenvalue weighted by molar-refractivity contribution is 5.29. The van der Waals surface area contributed by atoms with E-state index in [4.69, 9.17) is 5.26 Å². The van der Waals surface area contributed by atoms with Crippen LogP contribution < -0.4 is 0 Å². The molecule has 0 amide bonds. The lowest BCUT2D eigenvalue weighted by atomic mass is 10.1. The third kappa shape index (κ3) is 2.66. The third-order valence-corrected chi connectivity index (χ3v) is 1.76. The first-order valence-electron chi connectivity index (χ1n) is 4.07. The molecule has 0 bridgehead atoms. The number of alkyl halides is 5. The van der Waals surface area contributed by atoms with E-state index in [0.717, 1.165) is 6.20 Å². The Morgan fingerprint density at radius 2 is 2.00 bits per heavy atom. The van der Waals surface area contributed by atoms with E-state index in [9.17, 15) is 22.0 Å². The van der Waals surface area contributed by atoms with Crippen molar-refractivity contribution in [3.8, 4) is 6.07 Å². The van der Waals surface area contributed by atoms with Crippen LogP contribution in [0.4, 0.5) is 22.0 Å². The summed E-state index contributed by atoms with van der Waals surface area (Å²) in [5.41, 5.74) is -2.77. The Hall–Kier alpha value is -1.71. The average Bonchev–Trinajstić information content (AvgIpc) is 2.16. The average molecular weight is 236 g/mol. The molecule has 0 aromatic carbocycles. The quantitative estimate of drug-likeness (QED) is 0.740. The zero-order valence-corrected chi connectivity index (χ0v) is 7.72. The summed E-state index contributed by atoms with van der Waals surface area (Å²) in [5.74, 6) is 0. The SMILES string of the molecule is N#CCc1cnc(C(F)(F)F)c(C(F)F)c1. The molecule has 0 saturated heterocycles. The van der Waals surface area contributed by atoms with Crippen LogP contribution in [0.1, 0.15) is 23.2 Å². The molecule has 1 heterocycles. The summed E-state index contributed by atoms with van der Waals surface area (Å²) in [6.07, 6.45) is -7.68. The maximum absolute atomic E-state index is 12.4. The molecule has 7 heteroatoms. The second-order valence-electron chi connectivity index (χ2n) is 2.91. The van der Waals surface area contributed by atoms with Gasteiger partial charge in [0.2, 0.25) is 0 Å². The lowest BCUT2D eigenvalue weighted by Crippen LogP contribution is -2.12. The van der Waals surface area contributed by atoms with Crippen LogP contribution in [0, 0.1) is 11.3 Å². The number of rotatable bonds is 2. The van der Waals surface area contributed by atoms with Gasteiger partial charge >= 0.3 is 6.18 Å². The molecule has 0 aliphatic carbocycles. The third-order valence-electron chi connectivity index (χ3n) is 1.76. The van der Waals surface area contributed by atoms with E-state index < -0.39 is 23.9 Å². The van der Waals surface area contributed by atoms with E-state index in [1.807, 2.05) is 0 Å². The van der Waals surface area contributed by atoms with E-state index in [1.165, 1.54) is 0 Å². The number of aromatic nitrogens is 1. The fourth-order valence-corrected chi connectivity index (χ4v) is 1.12. The number of nitriles is 1. The number of nitrogens with zero attached hydrogens (tertiary/aromatic N) is 2. The van der Waals surface area contributed by atoms with Crippen LogP contribution in [0.15, 0.2) is 12.3 Å². The van der Waals surface area contributed by atoms with Gasteiger partial charge in [-0.2, -0.15) is 18.4 Å². The molecule has 0 atom stereocenters. The molecule has 16 heavy (non-hydrogen) atoms. The van der Waals surface area contributed by atoms with Gasteiger partial charge in [0.1, 0.15) is 0 Å². The molecule has 0 fully saturated rings. The van der Waals surface area contributed by atoms with Crippen LogP contribution in [0.25, 0.3) is 0 Å². The molecular weight excluding hydrogens is 231 g/mol. The van der Waals surface area contributed by atoms with E-state index >= 15 is 0 Å². The van der Waals surface area contributed by atoms with Crippen LogP contribution in [0.5, 0.6) is 0 Å². The van der Waals surface area contributed by atoms with E-state index in [2.05, 4.69) is 4.98 Å². The smallest absolute Gasteiger partial charge is 0.251 e. The number of pyridine rings is 1. The minimum Gasteiger partial charge on any atom is -0.251 e. The molecule has 1 aromatic rings. The molecule has 2 nitrogen and oxygen atoms in total. The van der Waals surface area contributed by atoms with Crippen molar-refractivity contribution in [1.29, 1.82) is 5.26 Å². The minimum atomic E-state index is -4.92. The standard InChI is InChI=1S/C9H5F5N2/c10-8(11)6-3-5(1-2-15)4-16-7(6)9(12,13)14/h3-4,8H,1H2. The summed E-state index contributed by atoms with van der Waals surface area (Å²) in [6, 6.07) is 2.30. The van der Waals surface area contributed by atoms with Gasteiger partial charge in [-0.3, -0.25) is 4.98 Å². The van der Waals surface area contributed by atoms with Crippen molar-refractivity contribution in [2.24, 2.45) is 0 Å². The van der Waals surface area contributed by atoms with Gasteiger partial charge in [0.25, 0.3) is 6.43 Å². The molecule has 0 saturated carbocycles. The molecule has 0 spiro atoms. The Balaban J connectivity index is 3.26. The second-order valence-corrected chi connectivity index (χ2v) is 2.91. The van der Waals surface area contributed by atoms with Crippen molar-refractivity contribution in [3.63, 3.8) is 0 Å². The highest BCUT2D eigenvalue weighted by Gasteiger charge is 2.37. The number of hydrogen-bond acceptors (Lipinski definition) is 2. The van der Waals surface area contributed by atoms with Crippen molar-refractivity contribution in [2.45, 2.75) is 19.0 Å². The molecule has 1 aromatic heterocycles. The lowest BCUT2D eigenvalue weighted by Gasteiger charge is -2.11. The summed E-state index contributed by atoms with van der Waals surface area (Å²) in [7, 11) is 0. The first kappa shape index (κ1) is 12.4. The normalized spacial score (nSPS) is 11.6. The van der Waals surface area contributed by atoms with Crippen LogP contribution in [0.2, 0.25) is 0 Å². The van der Waals surface area contributed by atoms with E-state index in [1.54, 1.807) is 6.07 Å². The summed E-state index contributed by atoms with van der Waals surface area (Å²) >= 11 is 0. The van der Waals surface area contributed by atoms with Gasteiger partial charge in [-0.05, 0) is 11.6 Å². The van der Waals surface area contributed by atoms with Gasteiger partial charge < -0.3 is 0 Å². The number of hydrogen-bond donors (Lipinski definition) is 0.